The van der Waals surface area contributed by atoms with Crippen molar-refractivity contribution < 1.29 is 42.9 Å². The molecule has 0 radical (unpaired) electrons. The van der Waals surface area contributed by atoms with Gasteiger partial charge in [-0.25, -0.2) is 4.79 Å². The Balaban J connectivity index is 2.97. The predicted octanol–water partition coefficient (Wildman–Crippen LogP) is 5.90. The molecule has 0 spiro atoms. The van der Waals surface area contributed by atoms with E-state index in [1.807, 2.05) is 20.8 Å². The van der Waals surface area contributed by atoms with Gasteiger partial charge in [0, 0.05) is 0 Å². The Morgan fingerprint density at radius 2 is 1.29 bits per heavy atom. The first-order valence-corrected chi connectivity index (χ1v) is 14.6. The Kier molecular flexibility index (Phi) is 14.8. The van der Waals surface area contributed by atoms with Crippen LogP contribution in [0.15, 0.2) is 18.2 Å². The van der Waals surface area contributed by atoms with Crippen LogP contribution >= 0.6 is 0 Å². The van der Waals surface area contributed by atoms with E-state index in [1.165, 1.54) is 12.1 Å². The van der Waals surface area contributed by atoms with Crippen LogP contribution in [0.25, 0.3) is 0 Å². The number of carbonyl (C=O) groups is 4. The van der Waals surface area contributed by atoms with Crippen molar-refractivity contribution in [3.05, 3.63) is 23.8 Å². The van der Waals surface area contributed by atoms with Gasteiger partial charge in [-0.05, 0) is 71.1 Å². The number of ether oxygens (including phenoxy) is 5. The highest BCUT2D eigenvalue weighted by Crippen LogP contribution is 2.31. The molecule has 1 aromatic rings. The molecule has 0 saturated carbocycles. The zero-order valence-electron chi connectivity index (χ0n) is 26.1. The van der Waals surface area contributed by atoms with E-state index in [1.54, 1.807) is 47.6 Å². The van der Waals surface area contributed by atoms with Gasteiger partial charge >= 0.3 is 24.1 Å². The summed E-state index contributed by atoms with van der Waals surface area (Å²) in [5.41, 5.74) is 6.03. The fourth-order valence-electron chi connectivity index (χ4n) is 3.64. The maximum absolute atomic E-state index is 12.7. The molecule has 0 saturated heterocycles. The first-order valence-electron chi connectivity index (χ1n) is 14.6. The number of hydrogen-bond acceptors (Lipinski definition) is 10. The molecule has 10 nitrogen and oxygen atoms in total. The summed E-state index contributed by atoms with van der Waals surface area (Å²) in [6, 6.07) is 3.65. The summed E-state index contributed by atoms with van der Waals surface area (Å²) in [6.45, 7) is 16.1. The van der Waals surface area contributed by atoms with Crippen LogP contribution in [0.1, 0.15) is 100.0 Å². The average molecular weight is 580 g/mol. The Hall–Kier alpha value is -3.14. The van der Waals surface area contributed by atoms with Crippen LogP contribution in [-0.2, 0) is 35.0 Å². The molecule has 3 unspecified atom stereocenters. The van der Waals surface area contributed by atoms with Crippen LogP contribution in [0.2, 0.25) is 0 Å². The third-order valence-electron chi connectivity index (χ3n) is 6.89. The zero-order chi connectivity index (χ0) is 31.3. The summed E-state index contributed by atoms with van der Waals surface area (Å²) in [7, 11) is 0. The Labute approximate surface area is 244 Å². The van der Waals surface area contributed by atoms with Crippen LogP contribution in [0.4, 0.5) is 4.79 Å². The normalized spacial score (nSPS) is 15.1. The highest BCUT2D eigenvalue weighted by Gasteiger charge is 2.28. The molecule has 2 N–H and O–H groups in total. The van der Waals surface area contributed by atoms with Gasteiger partial charge in [0.1, 0.15) is 23.9 Å². The molecule has 1 rings (SSSR count). The summed E-state index contributed by atoms with van der Waals surface area (Å²) in [5.74, 6) is -2.04. The predicted molar refractivity (Wildman–Crippen MR) is 154 cm³/mol. The second-order valence-electron chi connectivity index (χ2n) is 11.2. The Morgan fingerprint density at radius 3 is 1.80 bits per heavy atom. The van der Waals surface area contributed by atoms with Crippen molar-refractivity contribution in [1.29, 1.82) is 0 Å². The molecule has 0 bridgehead atoms. The van der Waals surface area contributed by atoms with Crippen molar-refractivity contribution >= 4 is 24.1 Å². The van der Waals surface area contributed by atoms with Crippen LogP contribution in [0, 0.1) is 11.8 Å². The van der Waals surface area contributed by atoms with E-state index in [4.69, 9.17) is 29.4 Å². The van der Waals surface area contributed by atoms with Crippen molar-refractivity contribution in [1.82, 2.24) is 0 Å². The van der Waals surface area contributed by atoms with E-state index >= 15 is 0 Å². The number of esters is 3. The van der Waals surface area contributed by atoms with Gasteiger partial charge in [0.2, 0.25) is 0 Å². The molecular formula is C31H49NO9. The first-order chi connectivity index (χ1) is 19.1. The number of nitrogens with two attached hydrogens (primary N) is 1. The van der Waals surface area contributed by atoms with Gasteiger partial charge in [0.05, 0.1) is 11.8 Å². The highest BCUT2D eigenvalue weighted by atomic mass is 16.7. The van der Waals surface area contributed by atoms with Crippen LogP contribution in [0.3, 0.4) is 0 Å². The largest absolute Gasteiger partial charge is 0.509 e. The lowest BCUT2D eigenvalue weighted by atomic mass is 10.0. The minimum atomic E-state index is -1.06. The quantitative estimate of drug-likeness (QED) is 0.186. The molecule has 0 fully saturated rings. The van der Waals surface area contributed by atoms with Gasteiger partial charge in [0.15, 0.2) is 11.5 Å². The van der Waals surface area contributed by atoms with Gasteiger partial charge in [-0.3, -0.25) is 14.4 Å². The van der Waals surface area contributed by atoms with Gasteiger partial charge in [0.25, 0.3) is 0 Å². The molecule has 0 aliphatic heterocycles. The van der Waals surface area contributed by atoms with Gasteiger partial charge in [-0.2, -0.15) is 0 Å². The lowest BCUT2D eigenvalue weighted by Crippen LogP contribution is -2.40. The maximum Gasteiger partial charge on any atom is 0.509 e. The molecule has 0 aromatic heterocycles. The van der Waals surface area contributed by atoms with Crippen molar-refractivity contribution in [2.45, 2.75) is 125 Å². The Bertz CT molecular complexity index is 1020. The summed E-state index contributed by atoms with van der Waals surface area (Å²) < 4.78 is 27.1. The first kappa shape index (κ1) is 35.9. The van der Waals surface area contributed by atoms with Crippen LogP contribution in [0.5, 0.6) is 11.5 Å². The smallest absolute Gasteiger partial charge is 0.458 e. The number of carbonyl (C=O) groups excluding carboxylic acids is 4. The average Bonchev–Trinajstić information content (AvgIpc) is 2.89. The molecule has 0 aliphatic rings. The van der Waals surface area contributed by atoms with E-state index < -0.39 is 47.9 Å². The number of rotatable bonds is 16. The van der Waals surface area contributed by atoms with E-state index in [0.717, 1.165) is 12.8 Å². The fraction of sp³-hybridized carbons (Fsp3) is 0.677. The maximum atomic E-state index is 12.7. The third-order valence-corrected chi connectivity index (χ3v) is 6.89. The molecule has 5 atom stereocenters. The van der Waals surface area contributed by atoms with Gasteiger partial charge < -0.3 is 29.4 Å². The van der Waals surface area contributed by atoms with Crippen molar-refractivity contribution in [3.8, 4) is 11.5 Å². The number of benzene rings is 1. The van der Waals surface area contributed by atoms with E-state index in [0.29, 0.717) is 24.8 Å². The molecular weight excluding hydrogens is 530 g/mol. The van der Waals surface area contributed by atoms with E-state index in [9.17, 15) is 19.2 Å². The second-order valence-corrected chi connectivity index (χ2v) is 11.2. The molecule has 0 heterocycles. The number of hydrogen-bond donors (Lipinski definition) is 1. The van der Waals surface area contributed by atoms with Gasteiger partial charge in [-0.1, -0.05) is 53.5 Å². The standard InChI is InChI=1S/C31H49NO9/c1-10-13-19(4)27(33)39-25-16-15-23(18-26(25)40-28(34)20(5)14-11-2)17-24(32)29(35)37-21(6)22(7)38-30(36)41-31(8,9)12-3/h15-16,18-22,24H,10-14,17,32H2,1-9H3/t19?,20?,21-,22?,24-/m0/s1. The molecule has 0 aliphatic carbocycles. The monoisotopic (exact) mass is 579 g/mol. The van der Waals surface area contributed by atoms with Gasteiger partial charge in [-0.15, -0.1) is 0 Å². The van der Waals surface area contributed by atoms with E-state index in [-0.39, 0.29) is 29.8 Å². The lowest BCUT2D eigenvalue weighted by molar-refractivity contribution is -0.156. The second kappa shape index (κ2) is 17.0. The van der Waals surface area contributed by atoms with Crippen molar-refractivity contribution in [2.75, 3.05) is 0 Å². The minimum Gasteiger partial charge on any atom is -0.458 e. The molecule has 1 aromatic carbocycles. The molecule has 0 amide bonds. The SMILES string of the molecule is CCCC(C)C(=O)Oc1ccc(C[C@H](N)C(=O)O[C@@H](C)C(C)OC(=O)OC(C)(C)CC)cc1OC(=O)C(C)CCC. The molecule has 41 heavy (non-hydrogen) atoms. The molecule has 10 heteroatoms. The van der Waals surface area contributed by atoms with Crippen LogP contribution in [-0.4, -0.2) is 47.9 Å². The highest BCUT2D eigenvalue weighted by molar-refractivity contribution is 5.79. The van der Waals surface area contributed by atoms with Crippen molar-refractivity contribution in [3.63, 3.8) is 0 Å². The molecule has 232 valence electrons. The summed E-state index contributed by atoms with van der Waals surface area (Å²) in [5, 5.41) is 0. The lowest BCUT2D eigenvalue weighted by Gasteiger charge is -2.26. The van der Waals surface area contributed by atoms with Crippen LogP contribution < -0.4 is 15.2 Å². The van der Waals surface area contributed by atoms with E-state index in [2.05, 4.69) is 0 Å². The third kappa shape index (κ3) is 12.5. The minimum absolute atomic E-state index is 0.0586. The summed E-state index contributed by atoms with van der Waals surface area (Å²) in [4.78, 5) is 50.0. The zero-order valence-corrected chi connectivity index (χ0v) is 26.1. The topological polar surface area (TPSA) is 140 Å². The fourth-order valence-corrected chi connectivity index (χ4v) is 3.64. The summed E-state index contributed by atoms with van der Waals surface area (Å²) >= 11 is 0. The Morgan fingerprint density at radius 1 is 0.780 bits per heavy atom. The summed E-state index contributed by atoms with van der Waals surface area (Å²) in [6.07, 6.45) is 1.20. The van der Waals surface area contributed by atoms with Crippen molar-refractivity contribution in [2.24, 2.45) is 17.6 Å².